The topological polar surface area (TPSA) is 37.0 Å². The molecule has 1 aliphatic heterocycles. The molecule has 0 saturated carbocycles. The Kier molecular flexibility index (Phi) is 1.96. The first-order valence-electron chi connectivity index (χ1n) is 2.70. The van der Waals surface area contributed by atoms with E-state index in [0.717, 1.165) is 11.8 Å². The molecule has 0 aliphatic carbocycles. The zero-order chi connectivity index (χ0) is 7.78. The predicted octanol–water partition coefficient (Wildman–Crippen LogP) is 0.942. The van der Waals surface area contributed by atoms with Crippen LogP contribution in [0.5, 0.6) is 0 Å². The molecule has 0 bridgehead atoms. The van der Waals surface area contributed by atoms with Crippen LogP contribution in [0, 0.1) is 5.92 Å². The lowest BCUT2D eigenvalue weighted by Crippen LogP contribution is -2.43. The number of carbonyl (C=O) groups excluding carboxylic acids is 1. The third kappa shape index (κ3) is 1.15. The quantitative estimate of drug-likeness (QED) is 0.613. The van der Waals surface area contributed by atoms with Gasteiger partial charge < -0.3 is 0 Å². The second kappa shape index (κ2) is 2.47. The van der Waals surface area contributed by atoms with Gasteiger partial charge in [-0.2, -0.15) is 0 Å². The highest BCUT2D eigenvalue weighted by Crippen LogP contribution is 2.38. The zero-order valence-electron chi connectivity index (χ0n) is 4.97. The van der Waals surface area contributed by atoms with Crippen LogP contribution in [0.2, 0.25) is 0 Å². The van der Waals surface area contributed by atoms with E-state index < -0.39 is 23.6 Å². The Labute approximate surface area is 60.6 Å². The summed E-state index contributed by atoms with van der Waals surface area (Å²) in [7, 11) is 0. The fourth-order valence-corrected chi connectivity index (χ4v) is 1.52. The first-order chi connectivity index (χ1) is 4.58. The molecule has 0 aromatic rings. The van der Waals surface area contributed by atoms with Gasteiger partial charge in [-0.05, 0) is 0 Å². The molecule has 1 aliphatic rings. The van der Waals surface area contributed by atoms with Crippen LogP contribution in [0.4, 0.5) is 8.78 Å². The van der Waals surface area contributed by atoms with Crippen LogP contribution in [-0.4, -0.2) is 23.4 Å². The maximum absolute atomic E-state index is 12.3. The summed E-state index contributed by atoms with van der Waals surface area (Å²) >= 11 is 0.853. The Morgan fingerprint density at radius 1 is 1.70 bits per heavy atom. The van der Waals surface area contributed by atoms with Crippen molar-refractivity contribution in [2.24, 2.45) is 5.92 Å². The Morgan fingerprint density at radius 3 is 2.40 bits per heavy atom. The van der Waals surface area contributed by atoms with Crippen molar-refractivity contribution in [1.29, 1.82) is 0 Å². The maximum Gasteiger partial charge on any atom is 0.285 e. The summed E-state index contributed by atoms with van der Waals surface area (Å²) in [6, 6.07) is 0. The molecule has 1 atom stereocenters. The lowest BCUT2D eigenvalue weighted by molar-refractivity contribution is -0.141. The van der Waals surface area contributed by atoms with Gasteiger partial charge in [0.15, 0.2) is 5.12 Å². The van der Waals surface area contributed by atoms with Gasteiger partial charge in [-0.1, -0.05) is 11.8 Å². The fourth-order valence-electron chi connectivity index (χ4n) is 0.630. The average molecular weight is 167 g/mol. The van der Waals surface area contributed by atoms with Crippen molar-refractivity contribution < 1.29 is 18.7 Å². The third-order valence-electron chi connectivity index (χ3n) is 1.38. The number of halogens is 2. The monoisotopic (exact) mass is 167 g/mol. The van der Waals surface area contributed by atoms with Gasteiger partial charge in [0.05, 0.1) is 0 Å². The molecule has 10 heavy (non-hydrogen) atoms. The largest absolute Gasteiger partial charge is 0.287 e. The lowest BCUT2D eigenvalue weighted by atomic mass is 10.1. The second-order valence-electron chi connectivity index (χ2n) is 2.09. The van der Waals surface area contributed by atoms with Crippen molar-refractivity contribution >= 4 is 16.9 Å². The fraction of sp³-hybridized carbons (Fsp3) is 0.800. The van der Waals surface area contributed by atoms with Crippen LogP contribution in [-0.2, 0) is 9.90 Å². The first kappa shape index (κ1) is 7.94. The van der Waals surface area contributed by atoms with Gasteiger partial charge in [0, 0.05) is 5.75 Å². The molecule has 1 unspecified atom stereocenters. The van der Waals surface area contributed by atoms with E-state index in [-0.39, 0.29) is 5.75 Å². The van der Waals surface area contributed by atoms with Gasteiger partial charge in [0.2, 0.25) is 0 Å². The normalized spacial score (nSPS) is 26.3. The first-order valence-corrected chi connectivity index (χ1v) is 3.69. The molecule has 0 aromatic heterocycles. The summed E-state index contributed by atoms with van der Waals surface area (Å²) < 4.78 is 24.6. The molecule has 2 nitrogen and oxygen atoms in total. The lowest BCUT2D eigenvalue weighted by Gasteiger charge is -2.28. The van der Waals surface area contributed by atoms with E-state index in [1.165, 1.54) is 0 Å². The maximum atomic E-state index is 12.3. The summed E-state index contributed by atoms with van der Waals surface area (Å²) in [5, 5.41) is 9.27. The van der Waals surface area contributed by atoms with Crippen molar-refractivity contribution in [3.63, 3.8) is 0 Å². The Hall–Kier alpha value is -0.160. The van der Waals surface area contributed by atoms with Crippen molar-refractivity contribution in [2.45, 2.75) is 5.92 Å². The third-order valence-corrected chi connectivity index (χ3v) is 2.45. The molecule has 0 amide bonds. The Balaban J connectivity index is 2.55. The van der Waals surface area contributed by atoms with Crippen LogP contribution in [0.25, 0.3) is 0 Å². The summed E-state index contributed by atoms with van der Waals surface area (Å²) in [5.74, 6) is -4.54. The van der Waals surface area contributed by atoms with E-state index in [2.05, 4.69) is 0 Å². The molecule has 5 heteroatoms. The minimum Gasteiger partial charge on any atom is -0.287 e. The van der Waals surface area contributed by atoms with Gasteiger partial charge in [-0.25, -0.2) is 13.9 Å². The number of alkyl halides is 2. The van der Waals surface area contributed by atoms with Crippen molar-refractivity contribution in [3.8, 4) is 0 Å². The summed E-state index contributed by atoms with van der Waals surface area (Å²) in [6.45, 7) is -1.48. The van der Waals surface area contributed by atoms with Crippen molar-refractivity contribution in [3.05, 3.63) is 0 Å². The predicted molar refractivity (Wildman–Crippen MR) is 31.5 cm³/mol. The van der Waals surface area contributed by atoms with Crippen molar-refractivity contribution in [2.75, 3.05) is 12.4 Å². The van der Waals surface area contributed by atoms with Crippen LogP contribution >= 0.6 is 11.8 Å². The number of hydrogen-bond acceptors (Lipinski definition) is 2. The van der Waals surface area contributed by atoms with Gasteiger partial charge in [0.1, 0.15) is 12.5 Å². The molecule has 1 radical (unpaired) electrons. The van der Waals surface area contributed by atoms with E-state index >= 15 is 0 Å². The Morgan fingerprint density at radius 2 is 2.30 bits per heavy atom. The number of hydrogen-bond donors (Lipinski definition) is 0. The summed E-state index contributed by atoms with van der Waals surface area (Å²) in [5.41, 5.74) is 0. The summed E-state index contributed by atoms with van der Waals surface area (Å²) in [4.78, 5) is 10.4. The van der Waals surface area contributed by atoms with Gasteiger partial charge >= 0.3 is 0 Å². The molecular formula is C5H5F2O2S. The molecule has 0 aromatic carbocycles. The molecular weight excluding hydrogens is 162 g/mol. The minimum atomic E-state index is -3.32. The van der Waals surface area contributed by atoms with Gasteiger partial charge in [-0.3, -0.25) is 4.79 Å². The number of carbonyl (C=O) groups is 1. The SMILES string of the molecule is [O]CC(F)(F)C1CSC1=O. The van der Waals surface area contributed by atoms with Crippen LogP contribution in [0.1, 0.15) is 0 Å². The molecule has 0 N–H and O–H groups in total. The zero-order valence-corrected chi connectivity index (χ0v) is 5.79. The van der Waals surface area contributed by atoms with Crippen molar-refractivity contribution in [1.82, 2.24) is 0 Å². The number of thioether (sulfide) groups is 1. The minimum absolute atomic E-state index is 0.0913. The molecule has 1 saturated heterocycles. The standard InChI is InChI=1S/C5H5F2O2S/c6-5(7,2-8)3-1-10-4(3)9/h3H,1-2H2. The second-order valence-corrected chi connectivity index (χ2v) is 3.11. The summed E-state index contributed by atoms with van der Waals surface area (Å²) in [6.07, 6.45) is 0. The molecule has 1 fully saturated rings. The highest BCUT2D eigenvalue weighted by atomic mass is 32.2. The van der Waals surface area contributed by atoms with E-state index in [4.69, 9.17) is 0 Å². The van der Waals surface area contributed by atoms with E-state index in [0.29, 0.717) is 0 Å². The van der Waals surface area contributed by atoms with Gasteiger partial charge in [0.25, 0.3) is 5.92 Å². The van der Waals surface area contributed by atoms with E-state index in [1.54, 1.807) is 0 Å². The van der Waals surface area contributed by atoms with Crippen LogP contribution < -0.4 is 0 Å². The highest BCUT2D eigenvalue weighted by Gasteiger charge is 2.49. The highest BCUT2D eigenvalue weighted by molar-refractivity contribution is 8.15. The number of rotatable bonds is 2. The molecule has 57 valence electrons. The van der Waals surface area contributed by atoms with E-state index in [1.807, 2.05) is 0 Å². The van der Waals surface area contributed by atoms with Gasteiger partial charge in [-0.15, -0.1) is 0 Å². The average Bonchev–Trinajstić information content (AvgIpc) is 1.84. The molecule has 0 spiro atoms. The van der Waals surface area contributed by atoms with E-state index in [9.17, 15) is 18.7 Å². The Bertz CT molecular complexity index is 160. The smallest absolute Gasteiger partial charge is 0.285 e. The van der Waals surface area contributed by atoms with Crippen LogP contribution in [0.3, 0.4) is 0 Å². The molecule has 1 heterocycles. The molecule has 1 rings (SSSR count). The van der Waals surface area contributed by atoms with Crippen LogP contribution in [0.15, 0.2) is 0 Å².